The number of aryl methyl sites for hydroxylation is 2. The second kappa shape index (κ2) is 8.80. The Labute approximate surface area is 108 Å². The van der Waals surface area contributed by atoms with Gasteiger partial charge in [0.1, 0.15) is 12.4 Å². The minimum absolute atomic E-state index is 1.12. The van der Waals surface area contributed by atoms with Crippen LogP contribution in [0.5, 0.6) is 0 Å². The van der Waals surface area contributed by atoms with Gasteiger partial charge < -0.3 is 0 Å². The Morgan fingerprint density at radius 1 is 1.12 bits per heavy atom. The van der Waals surface area contributed by atoms with Gasteiger partial charge in [-0.05, 0) is 25.7 Å². The van der Waals surface area contributed by atoms with E-state index in [0.29, 0.717) is 0 Å². The zero-order valence-electron chi connectivity index (χ0n) is 10.4. The molecule has 0 aliphatic rings. The average Bonchev–Trinajstić information content (AvgIpc) is 2.73. The number of nitrogens with zero attached hydrogens (tertiary/aromatic N) is 2. The van der Waals surface area contributed by atoms with Crippen molar-refractivity contribution in [3.8, 4) is 0 Å². The molecule has 0 radical (unpaired) electrons. The molecular formula is C13H24BrN2+. The van der Waals surface area contributed by atoms with Crippen molar-refractivity contribution in [3.05, 3.63) is 18.7 Å². The number of alkyl halides is 1. The fraction of sp³-hybridized carbons (Fsp3) is 0.769. The first kappa shape index (κ1) is 13.8. The largest absolute Gasteiger partial charge is 0.243 e. The van der Waals surface area contributed by atoms with Crippen LogP contribution in [0.1, 0.15) is 45.4 Å². The lowest BCUT2D eigenvalue weighted by Gasteiger charge is -1.96. The van der Waals surface area contributed by atoms with Gasteiger partial charge in [0, 0.05) is 5.33 Å². The summed E-state index contributed by atoms with van der Waals surface area (Å²) >= 11 is 3.46. The molecule has 2 nitrogen and oxygen atoms in total. The third-order valence-electron chi connectivity index (χ3n) is 2.82. The van der Waals surface area contributed by atoms with E-state index in [1.54, 1.807) is 0 Å². The van der Waals surface area contributed by atoms with Crippen molar-refractivity contribution in [3.63, 3.8) is 0 Å². The van der Waals surface area contributed by atoms with Crippen LogP contribution in [0.15, 0.2) is 18.7 Å². The van der Waals surface area contributed by atoms with Gasteiger partial charge in [-0.3, -0.25) is 0 Å². The van der Waals surface area contributed by atoms with E-state index >= 15 is 0 Å². The Morgan fingerprint density at radius 3 is 2.75 bits per heavy atom. The predicted octanol–water partition coefficient (Wildman–Crippen LogP) is 3.53. The standard InChI is InChI=1S/C13H24BrN2/c1-2-3-4-6-9-15-11-12-16(13-15)10-7-5-8-14/h11-13H,2-10H2,1H3/q+1. The molecule has 0 aliphatic carbocycles. The van der Waals surface area contributed by atoms with Gasteiger partial charge >= 0.3 is 0 Å². The Morgan fingerprint density at radius 2 is 2.00 bits per heavy atom. The smallest absolute Gasteiger partial charge is 0.237 e. The van der Waals surface area contributed by atoms with E-state index in [0.717, 1.165) is 11.9 Å². The lowest BCUT2D eigenvalue weighted by molar-refractivity contribution is -0.696. The first-order chi connectivity index (χ1) is 7.86. The molecule has 0 atom stereocenters. The van der Waals surface area contributed by atoms with Crippen LogP contribution < -0.4 is 4.57 Å². The molecule has 0 aliphatic heterocycles. The van der Waals surface area contributed by atoms with E-state index in [-0.39, 0.29) is 0 Å². The lowest BCUT2D eigenvalue weighted by atomic mass is 10.2. The van der Waals surface area contributed by atoms with Crippen molar-refractivity contribution in [2.75, 3.05) is 5.33 Å². The summed E-state index contributed by atoms with van der Waals surface area (Å²) in [4.78, 5) is 0. The zero-order valence-corrected chi connectivity index (χ0v) is 12.0. The molecule has 1 heterocycles. The van der Waals surface area contributed by atoms with E-state index in [1.807, 2.05) is 0 Å². The van der Waals surface area contributed by atoms with Gasteiger partial charge in [0.15, 0.2) is 0 Å². The van der Waals surface area contributed by atoms with Gasteiger partial charge in [-0.15, -0.1) is 0 Å². The van der Waals surface area contributed by atoms with Crippen LogP contribution in [-0.4, -0.2) is 9.90 Å². The van der Waals surface area contributed by atoms with Crippen molar-refractivity contribution in [1.29, 1.82) is 0 Å². The highest BCUT2D eigenvalue weighted by Gasteiger charge is 2.02. The summed E-state index contributed by atoms with van der Waals surface area (Å²) in [6, 6.07) is 0. The first-order valence-corrected chi connectivity index (χ1v) is 7.59. The molecule has 1 rings (SSSR count). The van der Waals surface area contributed by atoms with Gasteiger partial charge in [-0.1, -0.05) is 35.7 Å². The summed E-state index contributed by atoms with van der Waals surface area (Å²) < 4.78 is 4.60. The van der Waals surface area contributed by atoms with Crippen LogP contribution in [0.2, 0.25) is 0 Å². The molecule has 3 heteroatoms. The summed E-state index contributed by atoms with van der Waals surface area (Å²) in [7, 11) is 0. The molecule has 92 valence electrons. The Balaban J connectivity index is 2.17. The van der Waals surface area contributed by atoms with Crippen molar-refractivity contribution >= 4 is 15.9 Å². The van der Waals surface area contributed by atoms with Gasteiger partial charge in [0.25, 0.3) is 0 Å². The molecule has 0 unspecified atom stereocenters. The lowest BCUT2D eigenvalue weighted by Crippen LogP contribution is -2.30. The number of hydrogen-bond acceptors (Lipinski definition) is 0. The summed E-state index contributed by atoms with van der Waals surface area (Å²) in [5.41, 5.74) is 0. The maximum atomic E-state index is 3.46. The predicted molar refractivity (Wildman–Crippen MR) is 71.8 cm³/mol. The quantitative estimate of drug-likeness (QED) is 0.373. The molecule has 1 aromatic heterocycles. The second-order valence-corrected chi connectivity index (χ2v) is 5.14. The molecule has 0 fully saturated rings. The molecule has 16 heavy (non-hydrogen) atoms. The van der Waals surface area contributed by atoms with Crippen molar-refractivity contribution in [2.45, 2.75) is 58.5 Å². The topological polar surface area (TPSA) is 8.81 Å². The number of hydrogen-bond donors (Lipinski definition) is 0. The van der Waals surface area contributed by atoms with E-state index in [9.17, 15) is 0 Å². The highest BCUT2D eigenvalue weighted by Crippen LogP contribution is 2.00. The highest BCUT2D eigenvalue weighted by molar-refractivity contribution is 9.09. The number of aromatic nitrogens is 2. The number of unbranched alkanes of at least 4 members (excludes halogenated alkanes) is 4. The maximum absolute atomic E-state index is 3.46. The van der Waals surface area contributed by atoms with Crippen LogP contribution in [0.25, 0.3) is 0 Å². The van der Waals surface area contributed by atoms with E-state index in [4.69, 9.17) is 0 Å². The van der Waals surface area contributed by atoms with E-state index in [1.165, 1.54) is 45.1 Å². The Hall–Kier alpha value is -0.310. The minimum atomic E-state index is 1.12. The average molecular weight is 288 g/mol. The molecule has 0 saturated carbocycles. The summed E-state index contributed by atoms with van der Waals surface area (Å²) in [6.07, 6.45) is 14.5. The van der Waals surface area contributed by atoms with Crippen molar-refractivity contribution in [1.82, 2.24) is 4.57 Å². The monoisotopic (exact) mass is 287 g/mol. The number of rotatable bonds is 9. The minimum Gasteiger partial charge on any atom is -0.237 e. The third-order valence-corrected chi connectivity index (χ3v) is 3.38. The molecule has 1 aromatic rings. The zero-order chi connectivity index (χ0) is 11.6. The normalized spacial score (nSPS) is 10.9. The van der Waals surface area contributed by atoms with Crippen LogP contribution >= 0.6 is 15.9 Å². The fourth-order valence-electron chi connectivity index (χ4n) is 1.81. The van der Waals surface area contributed by atoms with Crippen molar-refractivity contribution < 1.29 is 4.57 Å². The Bertz CT molecular complexity index is 271. The third kappa shape index (κ3) is 5.69. The van der Waals surface area contributed by atoms with Crippen LogP contribution in [0.4, 0.5) is 0 Å². The van der Waals surface area contributed by atoms with Crippen LogP contribution in [0, 0.1) is 0 Å². The maximum Gasteiger partial charge on any atom is 0.243 e. The van der Waals surface area contributed by atoms with E-state index < -0.39 is 0 Å². The highest BCUT2D eigenvalue weighted by atomic mass is 79.9. The molecular weight excluding hydrogens is 264 g/mol. The molecule has 0 spiro atoms. The van der Waals surface area contributed by atoms with Gasteiger partial charge in [0.05, 0.1) is 13.1 Å². The Kier molecular flexibility index (Phi) is 7.56. The van der Waals surface area contributed by atoms with Gasteiger partial charge in [-0.2, -0.15) is 0 Å². The van der Waals surface area contributed by atoms with Crippen molar-refractivity contribution in [2.24, 2.45) is 0 Å². The summed E-state index contributed by atoms with van der Waals surface area (Å²) in [5, 5.41) is 1.12. The second-order valence-electron chi connectivity index (χ2n) is 4.35. The summed E-state index contributed by atoms with van der Waals surface area (Å²) in [5.74, 6) is 0. The fourth-order valence-corrected chi connectivity index (χ4v) is 2.21. The van der Waals surface area contributed by atoms with Gasteiger partial charge in [-0.25, -0.2) is 9.13 Å². The van der Waals surface area contributed by atoms with Crippen LogP contribution in [-0.2, 0) is 13.1 Å². The van der Waals surface area contributed by atoms with Crippen LogP contribution in [0.3, 0.4) is 0 Å². The van der Waals surface area contributed by atoms with Gasteiger partial charge in [0.2, 0.25) is 6.33 Å². The molecule has 0 saturated heterocycles. The SMILES string of the molecule is CCCCCC[n+]1ccn(CCCCBr)c1. The molecule has 0 amide bonds. The molecule has 0 aromatic carbocycles. The number of halogens is 1. The summed E-state index contributed by atoms with van der Waals surface area (Å²) in [6.45, 7) is 4.58. The first-order valence-electron chi connectivity index (χ1n) is 6.47. The number of imidazole rings is 1. The molecule has 0 bridgehead atoms. The van der Waals surface area contributed by atoms with E-state index in [2.05, 4.69) is 50.7 Å². The molecule has 0 N–H and O–H groups in total.